The van der Waals surface area contributed by atoms with Gasteiger partial charge in [-0.05, 0) is 18.7 Å². The number of nitrogens with one attached hydrogen (secondary N) is 1. The summed E-state index contributed by atoms with van der Waals surface area (Å²) >= 11 is 0. The number of carboxylic acid groups (broad SMARTS) is 1. The number of carboxylic acids is 1. The van der Waals surface area contributed by atoms with E-state index in [9.17, 15) is 13.2 Å². The number of carbonyl (C=O) groups is 1. The molecule has 1 aromatic rings. The Balaban J connectivity index is 2.01. The molecule has 0 aromatic carbocycles. The van der Waals surface area contributed by atoms with E-state index in [1.54, 1.807) is 6.07 Å². The van der Waals surface area contributed by atoms with Crippen LogP contribution in [0.2, 0.25) is 0 Å². The third-order valence-corrected chi connectivity index (χ3v) is 4.73. The van der Waals surface area contributed by atoms with Gasteiger partial charge in [-0.25, -0.2) is 4.98 Å². The van der Waals surface area contributed by atoms with Crippen molar-refractivity contribution in [3.8, 4) is 0 Å². The maximum absolute atomic E-state index is 12.2. The van der Waals surface area contributed by atoms with Crippen molar-refractivity contribution < 1.29 is 18.3 Å². The Bertz CT molecular complexity index is 594. The summed E-state index contributed by atoms with van der Waals surface area (Å²) in [6, 6.07) is 3.01. The van der Waals surface area contributed by atoms with Crippen LogP contribution in [0.4, 0.5) is 5.82 Å². The van der Waals surface area contributed by atoms with Crippen molar-refractivity contribution in [3.63, 3.8) is 0 Å². The second-order valence-corrected chi connectivity index (χ2v) is 6.60. The predicted molar refractivity (Wildman–Crippen MR) is 77.2 cm³/mol. The molecule has 1 aromatic heterocycles. The van der Waals surface area contributed by atoms with Crippen molar-refractivity contribution in [2.45, 2.75) is 6.42 Å². The van der Waals surface area contributed by atoms with Gasteiger partial charge in [-0.15, -0.1) is 0 Å². The van der Waals surface area contributed by atoms with Crippen LogP contribution in [-0.2, 0) is 21.4 Å². The third kappa shape index (κ3) is 4.38. The maximum Gasteiger partial charge on any atom is 0.307 e. The van der Waals surface area contributed by atoms with E-state index in [0.29, 0.717) is 31.7 Å². The molecule has 0 bridgehead atoms. The number of rotatable bonds is 5. The summed E-state index contributed by atoms with van der Waals surface area (Å²) in [5.41, 5.74) is 0.519. The number of pyridine rings is 1. The first-order chi connectivity index (χ1) is 9.87. The van der Waals surface area contributed by atoms with Crippen molar-refractivity contribution in [1.29, 1.82) is 0 Å². The SMILES string of the molecule is CN1CCN(S(=O)(=O)Nc2ccc(CC(=O)O)cn2)CC1. The van der Waals surface area contributed by atoms with Crippen molar-refractivity contribution in [2.24, 2.45) is 0 Å². The molecule has 0 atom stereocenters. The molecule has 0 saturated carbocycles. The highest BCUT2D eigenvalue weighted by Crippen LogP contribution is 2.12. The zero-order valence-corrected chi connectivity index (χ0v) is 12.5. The second-order valence-electron chi connectivity index (χ2n) is 4.93. The lowest BCUT2D eigenvalue weighted by molar-refractivity contribution is -0.136. The number of hydrogen-bond donors (Lipinski definition) is 2. The second kappa shape index (κ2) is 6.37. The number of nitrogens with zero attached hydrogens (tertiary/aromatic N) is 3. The van der Waals surface area contributed by atoms with Crippen LogP contribution in [0, 0.1) is 0 Å². The van der Waals surface area contributed by atoms with Gasteiger partial charge < -0.3 is 10.0 Å². The van der Waals surface area contributed by atoms with Crippen LogP contribution in [0.25, 0.3) is 0 Å². The van der Waals surface area contributed by atoms with Crippen molar-refractivity contribution in [3.05, 3.63) is 23.9 Å². The summed E-state index contributed by atoms with van der Waals surface area (Å²) in [6.45, 7) is 2.24. The topological polar surface area (TPSA) is 103 Å². The number of aromatic nitrogens is 1. The number of piperazine rings is 1. The highest BCUT2D eigenvalue weighted by atomic mass is 32.2. The molecule has 1 saturated heterocycles. The minimum atomic E-state index is -3.62. The van der Waals surface area contributed by atoms with E-state index in [2.05, 4.69) is 14.6 Å². The summed E-state index contributed by atoms with van der Waals surface area (Å²) in [6.07, 6.45) is 1.22. The molecule has 116 valence electrons. The molecule has 8 nitrogen and oxygen atoms in total. The zero-order chi connectivity index (χ0) is 15.5. The average molecular weight is 314 g/mol. The van der Waals surface area contributed by atoms with Crippen LogP contribution in [0.1, 0.15) is 5.56 Å². The summed E-state index contributed by atoms with van der Waals surface area (Å²) in [5.74, 6) is -0.773. The van der Waals surface area contributed by atoms with Gasteiger partial charge in [-0.3, -0.25) is 9.52 Å². The lowest BCUT2D eigenvalue weighted by atomic mass is 10.2. The molecule has 2 N–H and O–H groups in total. The fourth-order valence-corrected chi connectivity index (χ4v) is 3.15. The lowest BCUT2D eigenvalue weighted by Crippen LogP contribution is -2.48. The van der Waals surface area contributed by atoms with E-state index in [4.69, 9.17) is 5.11 Å². The van der Waals surface area contributed by atoms with Gasteiger partial charge in [0.1, 0.15) is 5.82 Å². The van der Waals surface area contributed by atoms with Gasteiger partial charge in [0.2, 0.25) is 0 Å². The van der Waals surface area contributed by atoms with Crippen LogP contribution in [-0.4, -0.2) is 66.9 Å². The monoisotopic (exact) mass is 314 g/mol. The van der Waals surface area contributed by atoms with E-state index < -0.39 is 16.2 Å². The summed E-state index contributed by atoms with van der Waals surface area (Å²) in [7, 11) is -1.67. The minimum Gasteiger partial charge on any atom is -0.481 e. The minimum absolute atomic E-state index is 0.140. The Kier molecular flexibility index (Phi) is 4.76. The molecule has 9 heteroatoms. The molecule has 1 aliphatic rings. The largest absolute Gasteiger partial charge is 0.481 e. The molecule has 0 unspecified atom stereocenters. The van der Waals surface area contributed by atoms with Crippen LogP contribution >= 0.6 is 0 Å². The molecular formula is C12H18N4O4S. The quantitative estimate of drug-likeness (QED) is 0.767. The zero-order valence-electron chi connectivity index (χ0n) is 11.7. The van der Waals surface area contributed by atoms with Crippen LogP contribution in [0.5, 0.6) is 0 Å². The highest BCUT2D eigenvalue weighted by Gasteiger charge is 2.25. The fraction of sp³-hybridized carbons (Fsp3) is 0.500. The van der Waals surface area contributed by atoms with Gasteiger partial charge in [0.25, 0.3) is 0 Å². The molecular weight excluding hydrogens is 296 g/mol. The third-order valence-electron chi connectivity index (χ3n) is 3.22. The highest BCUT2D eigenvalue weighted by molar-refractivity contribution is 7.90. The van der Waals surface area contributed by atoms with E-state index >= 15 is 0 Å². The molecule has 0 spiro atoms. The Labute approximate surface area is 123 Å². The Hall–Kier alpha value is -1.71. The Morgan fingerprint density at radius 1 is 1.33 bits per heavy atom. The van der Waals surface area contributed by atoms with Gasteiger partial charge in [0, 0.05) is 32.4 Å². The molecule has 0 aliphatic carbocycles. The van der Waals surface area contributed by atoms with Gasteiger partial charge >= 0.3 is 16.2 Å². The first-order valence-electron chi connectivity index (χ1n) is 6.50. The molecule has 1 aliphatic heterocycles. The molecule has 2 rings (SSSR count). The van der Waals surface area contributed by atoms with Crippen LogP contribution in [0.3, 0.4) is 0 Å². The van der Waals surface area contributed by atoms with Gasteiger partial charge in [0.05, 0.1) is 6.42 Å². The number of aliphatic carboxylic acids is 1. The van der Waals surface area contributed by atoms with Crippen molar-refractivity contribution >= 4 is 22.0 Å². The van der Waals surface area contributed by atoms with Crippen molar-refractivity contribution in [2.75, 3.05) is 37.9 Å². The van der Waals surface area contributed by atoms with Gasteiger partial charge in [-0.1, -0.05) is 6.07 Å². The normalized spacial score (nSPS) is 17.6. The Morgan fingerprint density at radius 2 is 2.00 bits per heavy atom. The van der Waals surface area contributed by atoms with E-state index in [1.165, 1.54) is 16.6 Å². The van der Waals surface area contributed by atoms with Crippen LogP contribution in [0.15, 0.2) is 18.3 Å². The smallest absolute Gasteiger partial charge is 0.307 e. The van der Waals surface area contributed by atoms with Crippen LogP contribution < -0.4 is 4.72 Å². The standard InChI is InChI=1S/C12H18N4O4S/c1-15-4-6-16(7-5-15)21(19,20)14-11-3-2-10(9-13-11)8-12(17)18/h2-3,9H,4-8H2,1H3,(H,13,14)(H,17,18). The molecule has 2 heterocycles. The number of hydrogen-bond acceptors (Lipinski definition) is 5. The average Bonchev–Trinajstić information content (AvgIpc) is 2.40. The molecule has 1 fully saturated rings. The summed E-state index contributed by atoms with van der Waals surface area (Å²) < 4.78 is 28.2. The van der Waals surface area contributed by atoms with Gasteiger partial charge in [-0.2, -0.15) is 12.7 Å². The summed E-state index contributed by atoms with van der Waals surface area (Å²) in [4.78, 5) is 16.6. The first-order valence-corrected chi connectivity index (χ1v) is 7.94. The first kappa shape index (κ1) is 15.7. The lowest BCUT2D eigenvalue weighted by Gasteiger charge is -2.31. The van der Waals surface area contributed by atoms with Gasteiger partial charge in [0.15, 0.2) is 0 Å². The predicted octanol–water partition coefficient (Wildman–Crippen LogP) is -0.387. The number of likely N-dealkylation sites (N-methyl/N-ethyl adjacent to an activating group) is 1. The Morgan fingerprint density at radius 3 is 2.52 bits per heavy atom. The molecule has 0 amide bonds. The number of anilines is 1. The van der Waals surface area contributed by atoms with E-state index in [0.717, 1.165) is 0 Å². The van der Waals surface area contributed by atoms with E-state index in [1.807, 2.05) is 7.05 Å². The van der Waals surface area contributed by atoms with E-state index in [-0.39, 0.29) is 12.2 Å². The molecule has 21 heavy (non-hydrogen) atoms. The van der Waals surface area contributed by atoms with Crippen molar-refractivity contribution in [1.82, 2.24) is 14.2 Å². The summed E-state index contributed by atoms with van der Waals surface area (Å²) in [5, 5.41) is 8.66. The fourth-order valence-electron chi connectivity index (χ4n) is 1.99. The molecule has 0 radical (unpaired) electrons. The maximum atomic E-state index is 12.2.